The molecule has 2 aromatic rings. The summed E-state index contributed by atoms with van der Waals surface area (Å²) in [5.41, 5.74) is 0.775. The van der Waals surface area contributed by atoms with Crippen LogP contribution in [0.4, 0.5) is 14.5 Å². The number of rotatable bonds is 3. The molecule has 0 saturated heterocycles. The van der Waals surface area contributed by atoms with Gasteiger partial charge >= 0.3 is 0 Å². The second-order valence-electron chi connectivity index (χ2n) is 4.14. The van der Waals surface area contributed by atoms with Crippen LogP contribution in [0.2, 0.25) is 0 Å². The molecule has 2 rings (SSSR count). The van der Waals surface area contributed by atoms with Crippen molar-refractivity contribution in [1.82, 2.24) is 9.78 Å². The van der Waals surface area contributed by atoms with Crippen LogP contribution in [0.15, 0.2) is 24.3 Å². The van der Waals surface area contributed by atoms with Crippen molar-refractivity contribution in [2.45, 2.75) is 20.3 Å². The van der Waals surface area contributed by atoms with Crippen molar-refractivity contribution in [1.29, 1.82) is 0 Å². The molecule has 5 nitrogen and oxygen atoms in total. The van der Waals surface area contributed by atoms with E-state index in [1.165, 1.54) is 16.8 Å². The molecule has 0 saturated carbocycles. The van der Waals surface area contributed by atoms with Crippen molar-refractivity contribution in [2.75, 3.05) is 0 Å². The lowest BCUT2D eigenvalue weighted by atomic mass is 10.1. The van der Waals surface area contributed by atoms with Gasteiger partial charge in [0.05, 0.1) is 21.9 Å². The number of aryl methyl sites for hydroxylation is 2. The maximum Gasteiger partial charge on any atom is 0.270 e. The van der Waals surface area contributed by atoms with E-state index < -0.39 is 16.9 Å². The van der Waals surface area contributed by atoms with E-state index in [0.29, 0.717) is 11.4 Å². The first kappa shape index (κ1) is 13.1. The largest absolute Gasteiger partial charge is 0.270 e. The Labute approximate surface area is 107 Å². The van der Waals surface area contributed by atoms with Crippen molar-refractivity contribution in [3.8, 4) is 5.69 Å². The predicted molar refractivity (Wildman–Crippen MR) is 64.6 cm³/mol. The van der Waals surface area contributed by atoms with E-state index in [1.807, 2.05) is 0 Å². The van der Waals surface area contributed by atoms with E-state index in [0.717, 1.165) is 6.07 Å². The number of nitro groups is 1. The second-order valence-corrected chi connectivity index (χ2v) is 4.14. The monoisotopic (exact) mass is 267 g/mol. The van der Waals surface area contributed by atoms with Crippen LogP contribution in [-0.2, 0) is 0 Å². The molecule has 1 aromatic carbocycles. The second kappa shape index (κ2) is 4.75. The summed E-state index contributed by atoms with van der Waals surface area (Å²) in [7, 11) is 0. The molecule has 0 spiro atoms. The number of halogens is 2. The molecule has 1 heterocycles. The van der Waals surface area contributed by atoms with Crippen molar-refractivity contribution in [2.24, 2.45) is 0 Å². The molecule has 0 unspecified atom stereocenters. The van der Waals surface area contributed by atoms with Crippen LogP contribution in [0.5, 0.6) is 0 Å². The molecule has 0 N–H and O–H groups in total. The summed E-state index contributed by atoms with van der Waals surface area (Å²) in [5.74, 6) is 0. The Bertz CT molecular complexity index is 638. The summed E-state index contributed by atoms with van der Waals surface area (Å²) in [4.78, 5) is 9.94. The van der Waals surface area contributed by atoms with Crippen LogP contribution < -0.4 is 0 Å². The Morgan fingerprint density at radius 3 is 2.47 bits per heavy atom. The van der Waals surface area contributed by atoms with Gasteiger partial charge in [0, 0.05) is 17.8 Å². The third-order valence-electron chi connectivity index (χ3n) is 2.69. The fourth-order valence-electron chi connectivity index (χ4n) is 1.90. The molecule has 0 atom stereocenters. The lowest BCUT2D eigenvalue weighted by Crippen LogP contribution is -2.04. The van der Waals surface area contributed by atoms with Gasteiger partial charge in [-0.3, -0.25) is 10.1 Å². The third kappa shape index (κ3) is 2.44. The standard InChI is InChI=1S/C12H11F2N3O2/c1-7-5-8(2)16(15-7)11-4-3-9(17(18)19)6-10(11)12(13)14/h3-6,12H,1-2H3. The summed E-state index contributed by atoms with van der Waals surface area (Å²) in [6.45, 7) is 3.48. The van der Waals surface area contributed by atoms with Gasteiger partial charge in [0.15, 0.2) is 0 Å². The van der Waals surface area contributed by atoms with E-state index in [2.05, 4.69) is 5.10 Å². The van der Waals surface area contributed by atoms with Crippen LogP contribution in [0.3, 0.4) is 0 Å². The van der Waals surface area contributed by atoms with Crippen molar-refractivity contribution in [3.05, 3.63) is 51.3 Å². The molecule has 0 aliphatic rings. The Morgan fingerprint density at radius 2 is 2.00 bits per heavy atom. The van der Waals surface area contributed by atoms with Gasteiger partial charge in [-0.05, 0) is 26.0 Å². The number of non-ortho nitro benzene ring substituents is 1. The number of alkyl halides is 2. The first-order valence-corrected chi connectivity index (χ1v) is 5.50. The fraction of sp³-hybridized carbons (Fsp3) is 0.250. The SMILES string of the molecule is Cc1cc(C)n(-c2ccc([N+](=O)[O-])cc2C(F)F)n1. The average Bonchev–Trinajstić information content (AvgIpc) is 2.67. The zero-order valence-corrected chi connectivity index (χ0v) is 10.3. The van der Waals surface area contributed by atoms with Gasteiger partial charge < -0.3 is 0 Å². The molecule has 0 fully saturated rings. The van der Waals surface area contributed by atoms with E-state index in [9.17, 15) is 18.9 Å². The molecule has 19 heavy (non-hydrogen) atoms. The average molecular weight is 267 g/mol. The Kier molecular flexibility index (Phi) is 3.28. The van der Waals surface area contributed by atoms with Gasteiger partial charge in [0.25, 0.3) is 12.1 Å². The summed E-state index contributed by atoms with van der Waals surface area (Å²) in [6.07, 6.45) is -2.81. The lowest BCUT2D eigenvalue weighted by Gasteiger charge is -2.10. The van der Waals surface area contributed by atoms with Crippen LogP contribution in [-0.4, -0.2) is 14.7 Å². The summed E-state index contributed by atoms with van der Waals surface area (Å²) < 4.78 is 27.4. The smallest absolute Gasteiger partial charge is 0.258 e. The number of nitro benzene ring substituents is 1. The molecule has 0 amide bonds. The van der Waals surface area contributed by atoms with Crippen molar-refractivity contribution >= 4 is 5.69 Å². The molecule has 0 aliphatic carbocycles. The predicted octanol–water partition coefficient (Wildman–Crippen LogP) is 3.33. The molecule has 7 heteroatoms. The zero-order valence-electron chi connectivity index (χ0n) is 10.3. The van der Waals surface area contributed by atoms with Gasteiger partial charge in [0.1, 0.15) is 0 Å². The molecule has 0 bridgehead atoms. The number of benzene rings is 1. The number of hydrogen-bond donors (Lipinski definition) is 0. The van der Waals surface area contributed by atoms with Crippen LogP contribution >= 0.6 is 0 Å². The molecule has 0 radical (unpaired) electrons. The van der Waals surface area contributed by atoms with Gasteiger partial charge in [-0.2, -0.15) is 5.10 Å². The Hall–Kier alpha value is -2.31. The molecule has 100 valence electrons. The highest BCUT2D eigenvalue weighted by atomic mass is 19.3. The molecular formula is C12H11F2N3O2. The van der Waals surface area contributed by atoms with E-state index in [1.54, 1.807) is 19.9 Å². The highest BCUT2D eigenvalue weighted by Gasteiger charge is 2.20. The van der Waals surface area contributed by atoms with E-state index >= 15 is 0 Å². The summed E-state index contributed by atoms with van der Waals surface area (Å²) in [6, 6.07) is 5.11. The first-order valence-electron chi connectivity index (χ1n) is 5.50. The topological polar surface area (TPSA) is 61.0 Å². The molecule has 0 aliphatic heterocycles. The van der Waals surface area contributed by atoms with Crippen molar-refractivity contribution < 1.29 is 13.7 Å². The minimum Gasteiger partial charge on any atom is -0.258 e. The molecule has 1 aromatic heterocycles. The molecular weight excluding hydrogens is 256 g/mol. The van der Waals surface area contributed by atoms with Gasteiger partial charge in [-0.15, -0.1) is 0 Å². The number of nitrogens with zero attached hydrogens (tertiary/aromatic N) is 3. The quantitative estimate of drug-likeness (QED) is 0.633. The first-order chi connectivity index (χ1) is 8.90. The number of aromatic nitrogens is 2. The fourth-order valence-corrected chi connectivity index (χ4v) is 1.90. The third-order valence-corrected chi connectivity index (χ3v) is 2.69. The highest BCUT2D eigenvalue weighted by Crippen LogP contribution is 2.30. The van der Waals surface area contributed by atoms with Crippen LogP contribution in [0, 0.1) is 24.0 Å². The van der Waals surface area contributed by atoms with Crippen LogP contribution in [0.25, 0.3) is 5.69 Å². The van der Waals surface area contributed by atoms with Crippen molar-refractivity contribution in [3.63, 3.8) is 0 Å². The highest BCUT2D eigenvalue weighted by molar-refractivity contribution is 5.49. The minimum absolute atomic E-state index is 0.159. The Balaban J connectivity index is 2.63. The summed E-state index contributed by atoms with van der Waals surface area (Å²) >= 11 is 0. The maximum absolute atomic E-state index is 13.0. The van der Waals surface area contributed by atoms with Crippen LogP contribution in [0.1, 0.15) is 23.4 Å². The lowest BCUT2D eigenvalue weighted by molar-refractivity contribution is -0.385. The number of hydrogen-bond acceptors (Lipinski definition) is 3. The maximum atomic E-state index is 13.0. The Morgan fingerprint density at radius 1 is 1.32 bits per heavy atom. The summed E-state index contributed by atoms with van der Waals surface area (Å²) in [5, 5.41) is 14.7. The van der Waals surface area contributed by atoms with E-state index in [4.69, 9.17) is 0 Å². The van der Waals surface area contributed by atoms with E-state index in [-0.39, 0.29) is 11.4 Å². The van der Waals surface area contributed by atoms with Gasteiger partial charge in [-0.25, -0.2) is 13.5 Å². The van der Waals surface area contributed by atoms with Gasteiger partial charge in [0.2, 0.25) is 0 Å². The minimum atomic E-state index is -2.81. The van der Waals surface area contributed by atoms with Gasteiger partial charge in [-0.1, -0.05) is 0 Å². The zero-order chi connectivity index (χ0) is 14.2. The normalized spacial score (nSPS) is 11.0.